The molecule has 0 spiro atoms. The lowest BCUT2D eigenvalue weighted by molar-refractivity contribution is -0.0548. The number of phosphoric acid groups is 1. The molecule has 0 bridgehead atoms. The predicted molar refractivity (Wildman–Crippen MR) is 125 cm³/mol. The van der Waals surface area contributed by atoms with Gasteiger partial charge in [0.05, 0.1) is 13.2 Å². The number of alkyl halides is 2. The Hall–Kier alpha value is -2.24. The lowest BCUT2D eigenvalue weighted by atomic mass is 10.1. The molecule has 1 aliphatic rings. The van der Waals surface area contributed by atoms with Crippen molar-refractivity contribution >= 4 is 28.8 Å². The van der Waals surface area contributed by atoms with Crippen LogP contribution in [0.3, 0.4) is 0 Å². The number of carbonyl (C=O) groups is 1. The minimum atomic E-state index is -6.83. The van der Waals surface area contributed by atoms with Crippen LogP contribution >= 0.6 is 23.0 Å². The van der Waals surface area contributed by atoms with Gasteiger partial charge in [-0.25, -0.2) is 13.7 Å². The van der Waals surface area contributed by atoms with E-state index in [0.717, 1.165) is 12.3 Å². The standard InChI is InChI=1S/C18H21F2N2O15P3/c19-18(20,38(28,29)30)39(31,32)37-40(33,34)35-9-12-14(25)15(26)16(36-12)21-7-6-13(24)22(17(21)27)8-11(23)10-4-2-1-3-5-10/h1-7,12,14-16,25-26H,8-9H2,(H,31,32)(H,33,34)(H2,28,29,30)/t12-,14-,15-,16-/m1/s1. The van der Waals surface area contributed by atoms with E-state index >= 15 is 0 Å². The number of benzene rings is 1. The van der Waals surface area contributed by atoms with Gasteiger partial charge in [0, 0.05) is 17.8 Å². The molecule has 1 aliphatic heterocycles. The molecule has 0 saturated carbocycles. The number of carbonyl (C=O) groups excluding carboxylic acids is 1. The Labute approximate surface area is 221 Å². The van der Waals surface area contributed by atoms with Crippen molar-refractivity contribution in [3.8, 4) is 0 Å². The molecule has 222 valence electrons. The van der Waals surface area contributed by atoms with Crippen LogP contribution in [0, 0.1) is 0 Å². The monoisotopic (exact) mass is 636 g/mol. The number of rotatable bonds is 11. The van der Waals surface area contributed by atoms with Crippen LogP contribution in [-0.4, -0.2) is 75.0 Å². The van der Waals surface area contributed by atoms with Crippen LogP contribution in [0.15, 0.2) is 52.2 Å². The van der Waals surface area contributed by atoms with Gasteiger partial charge in [-0.1, -0.05) is 30.3 Å². The van der Waals surface area contributed by atoms with E-state index < -0.39 is 83.1 Å². The van der Waals surface area contributed by atoms with E-state index in [-0.39, 0.29) is 5.56 Å². The number of hydrogen-bond acceptors (Lipinski definition) is 11. The number of aromatic nitrogens is 2. The molecule has 1 fully saturated rings. The van der Waals surface area contributed by atoms with E-state index in [2.05, 4.69) is 8.83 Å². The van der Waals surface area contributed by atoms with E-state index in [1.165, 1.54) is 12.1 Å². The lowest BCUT2D eigenvalue weighted by Gasteiger charge is -2.24. The van der Waals surface area contributed by atoms with E-state index in [1.807, 2.05) is 0 Å². The summed E-state index contributed by atoms with van der Waals surface area (Å²) in [5, 5.41) is 14.8. The molecular weight excluding hydrogens is 615 g/mol. The largest absolute Gasteiger partial charge is 0.479 e. The maximum atomic E-state index is 13.5. The van der Waals surface area contributed by atoms with E-state index in [4.69, 9.17) is 14.5 Å². The average molecular weight is 636 g/mol. The van der Waals surface area contributed by atoms with E-state index in [1.54, 1.807) is 18.2 Å². The minimum absolute atomic E-state index is 0.177. The molecule has 40 heavy (non-hydrogen) atoms. The zero-order valence-corrected chi connectivity index (χ0v) is 22.3. The molecule has 3 rings (SSSR count). The maximum Gasteiger partial charge on any atom is 0.479 e. The Bertz CT molecular complexity index is 1520. The summed E-state index contributed by atoms with van der Waals surface area (Å²) in [6.07, 6.45) is -6.77. The molecule has 22 heteroatoms. The molecule has 1 aromatic carbocycles. The number of aliphatic hydroxyl groups excluding tert-OH is 2. The zero-order valence-electron chi connectivity index (χ0n) is 19.6. The second kappa shape index (κ2) is 11.6. The summed E-state index contributed by atoms with van der Waals surface area (Å²) in [5.74, 6) is -0.624. The molecule has 0 amide bonds. The molecule has 2 unspecified atom stereocenters. The van der Waals surface area contributed by atoms with Crippen LogP contribution < -0.4 is 11.2 Å². The van der Waals surface area contributed by atoms with Crippen LogP contribution in [0.5, 0.6) is 0 Å². The third-order valence-electron chi connectivity index (χ3n) is 5.41. The Morgan fingerprint density at radius 1 is 1.00 bits per heavy atom. The first-order valence-electron chi connectivity index (χ1n) is 10.7. The number of halogens is 2. The van der Waals surface area contributed by atoms with Crippen LogP contribution in [0.25, 0.3) is 0 Å². The van der Waals surface area contributed by atoms with Crippen LogP contribution in [-0.2, 0) is 33.8 Å². The highest BCUT2D eigenvalue weighted by Crippen LogP contribution is 2.77. The van der Waals surface area contributed by atoms with Crippen molar-refractivity contribution < 1.29 is 70.6 Å². The SMILES string of the molecule is O=C(Cn1c(=O)ccn([C@@H]2O[C@H](COP(=O)(O)OP(=O)(O)C(F)(F)P(=O)(O)O)[C@@H](O)[C@H]2O)c1=O)c1ccccc1. The molecule has 2 aromatic rings. The summed E-state index contributed by atoms with van der Waals surface area (Å²) in [4.78, 5) is 73.4. The second-order valence-corrected chi connectivity index (χ2v) is 13.6. The fourth-order valence-electron chi connectivity index (χ4n) is 3.37. The smallest absolute Gasteiger partial charge is 0.387 e. The van der Waals surface area contributed by atoms with E-state index in [9.17, 15) is 56.9 Å². The van der Waals surface area contributed by atoms with Crippen molar-refractivity contribution in [3.63, 3.8) is 0 Å². The van der Waals surface area contributed by atoms with Crippen molar-refractivity contribution in [2.24, 2.45) is 0 Å². The Morgan fingerprint density at radius 2 is 1.60 bits per heavy atom. The summed E-state index contributed by atoms with van der Waals surface area (Å²) in [6, 6.07) is 8.43. The summed E-state index contributed by atoms with van der Waals surface area (Å²) in [6.45, 7) is -2.03. The number of ketones is 1. The highest BCUT2D eigenvalue weighted by Gasteiger charge is 2.67. The number of Topliss-reactive ketones (excluding diaryl/α,β-unsaturated/α-hetero) is 1. The number of hydrogen-bond donors (Lipinski definition) is 6. The average Bonchev–Trinajstić information content (AvgIpc) is 3.13. The number of ether oxygens (including phenoxy) is 1. The fourth-order valence-corrected chi connectivity index (χ4v) is 7.05. The van der Waals surface area contributed by atoms with Gasteiger partial charge in [0.1, 0.15) is 18.3 Å². The van der Waals surface area contributed by atoms with Crippen molar-refractivity contribution in [1.29, 1.82) is 0 Å². The molecule has 0 radical (unpaired) electrons. The van der Waals surface area contributed by atoms with Gasteiger partial charge >= 0.3 is 34.1 Å². The van der Waals surface area contributed by atoms with Gasteiger partial charge in [0.15, 0.2) is 12.0 Å². The summed E-state index contributed by atoms with van der Waals surface area (Å²) in [7, 11) is -19.5. The second-order valence-electron chi connectivity index (χ2n) is 8.19. The summed E-state index contributed by atoms with van der Waals surface area (Å²) >= 11 is 0. The summed E-state index contributed by atoms with van der Waals surface area (Å²) < 4.78 is 75.3. The van der Waals surface area contributed by atoms with Crippen molar-refractivity contribution in [3.05, 3.63) is 69.0 Å². The van der Waals surface area contributed by atoms with E-state index in [0.29, 0.717) is 9.13 Å². The van der Waals surface area contributed by atoms with Gasteiger partial charge in [-0.05, 0) is 0 Å². The molecule has 17 nitrogen and oxygen atoms in total. The predicted octanol–water partition coefficient (Wildman–Crippen LogP) is -0.441. The number of aliphatic hydroxyl groups is 2. The Morgan fingerprint density at radius 3 is 2.17 bits per heavy atom. The molecule has 6 atom stereocenters. The highest BCUT2D eigenvalue weighted by atomic mass is 31.3. The zero-order chi connectivity index (χ0) is 30.3. The van der Waals surface area contributed by atoms with Gasteiger partial charge in [-0.15, -0.1) is 0 Å². The van der Waals surface area contributed by atoms with Gasteiger partial charge in [0.2, 0.25) is 0 Å². The molecule has 1 aromatic heterocycles. The van der Waals surface area contributed by atoms with Crippen molar-refractivity contribution in [2.45, 2.75) is 36.5 Å². The molecule has 0 aliphatic carbocycles. The van der Waals surface area contributed by atoms with Crippen LogP contribution in [0.1, 0.15) is 16.6 Å². The number of nitrogens with zero attached hydrogens (tertiary/aromatic N) is 2. The quantitative estimate of drug-likeness (QED) is 0.135. The number of phosphoric ester groups is 1. The highest BCUT2D eigenvalue weighted by molar-refractivity contribution is 7.75. The molecule has 6 N–H and O–H groups in total. The first-order valence-corrected chi connectivity index (χ1v) is 15.3. The fraction of sp³-hybridized carbons (Fsp3) is 0.389. The van der Waals surface area contributed by atoms with Crippen molar-refractivity contribution in [2.75, 3.05) is 6.61 Å². The van der Waals surface area contributed by atoms with Gasteiger partial charge < -0.3 is 34.5 Å². The lowest BCUT2D eigenvalue weighted by Crippen LogP contribution is -2.44. The van der Waals surface area contributed by atoms with Crippen LogP contribution in [0.2, 0.25) is 0 Å². The molecule has 1 saturated heterocycles. The topological polar surface area (TPSA) is 261 Å². The van der Waals surface area contributed by atoms with Gasteiger partial charge in [0.25, 0.3) is 5.56 Å². The molecule has 2 heterocycles. The first-order chi connectivity index (χ1) is 18.3. The third-order valence-corrected chi connectivity index (χ3v) is 10.5. The Balaban J connectivity index is 1.77. The normalized spacial score (nSPS) is 24.8. The summed E-state index contributed by atoms with van der Waals surface area (Å²) in [5.41, 5.74) is -1.90. The van der Waals surface area contributed by atoms with Gasteiger partial charge in [-0.2, -0.15) is 8.78 Å². The van der Waals surface area contributed by atoms with Crippen LogP contribution in [0.4, 0.5) is 8.78 Å². The van der Waals surface area contributed by atoms with Crippen molar-refractivity contribution in [1.82, 2.24) is 9.13 Å². The molecular formula is C18H21F2N2O15P3. The minimum Gasteiger partial charge on any atom is -0.387 e. The maximum absolute atomic E-state index is 13.5. The van der Waals surface area contributed by atoms with Gasteiger partial charge in [-0.3, -0.25) is 32.4 Å². The Kier molecular flexibility index (Phi) is 9.33. The first kappa shape index (κ1) is 32.3. The third kappa shape index (κ3) is 6.62.